The smallest absolute Gasteiger partial charge is 0.342 e. The van der Waals surface area contributed by atoms with Crippen molar-refractivity contribution in [2.24, 2.45) is 0 Å². The first-order valence-electron chi connectivity index (χ1n) is 7.98. The molecule has 1 atom stereocenters. The number of aryl methyl sites for hydroxylation is 1. The molecule has 0 bridgehead atoms. The standard InChI is InChI=1S/C19H21FO4/c1-12-10-14-6-4-3-5-7-16(21)15(20)9-8-13(2)24-19(23)18(14)17(22)11-12/h4,6,9-11,13,22H,3,5,7-8H2,1-2H3/b6-4+,15-9+/t13-/m0/s1. The molecule has 1 aliphatic rings. The lowest BCUT2D eigenvalue weighted by molar-refractivity contribution is -0.117. The number of rotatable bonds is 0. The van der Waals surface area contributed by atoms with Crippen molar-refractivity contribution >= 4 is 17.8 Å². The average molecular weight is 332 g/mol. The number of hydrogen-bond acceptors (Lipinski definition) is 4. The van der Waals surface area contributed by atoms with E-state index in [4.69, 9.17) is 4.74 Å². The third kappa shape index (κ3) is 4.54. The molecule has 1 aliphatic heterocycles. The number of allylic oxidation sites excluding steroid dienone is 2. The molecular weight excluding hydrogens is 311 g/mol. The minimum Gasteiger partial charge on any atom is -0.507 e. The summed E-state index contributed by atoms with van der Waals surface area (Å²) in [5, 5.41) is 10.1. The number of hydrogen-bond donors (Lipinski definition) is 1. The Morgan fingerprint density at radius 3 is 2.79 bits per heavy atom. The first kappa shape index (κ1) is 17.9. The number of halogens is 1. The van der Waals surface area contributed by atoms with Gasteiger partial charge in [0, 0.05) is 12.8 Å². The molecular formula is C19H21FO4. The van der Waals surface area contributed by atoms with E-state index in [0.29, 0.717) is 18.4 Å². The van der Waals surface area contributed by atoms with Gasteiger partial charge in [0.15, 0.2) is 11.6 Å². The molecule has 5 heteroatoms. The zero-order chi connectivity index (χ0) is 17.7. The van der Waals surface area contributed by atoms with E-state index >= 15 is 0 Å². The summed E-state index contributed by atoms with van der Waals surface area (Å²) in [4.78, 5) is 24.0. The normalized spacial score (nSPS) is 23.5. The fourth-order valence-electron chi connectivity index (χ4n) is 2.53. The number of phenols is 1. The largest absolute Gasteiger partial charge is 0.507 e. The van der Waals surface area contributed by atoms with Gasteiger partial charge in [-0.3, -0.25) is 4.79 Å². The van der Waals surface area contributed by atoms with Crippen LogP contribution < -0.4 is 0 Å². The molecule has 0 unspecified atom stereocenters. The molecule has 0 fully saturated rings. The van der Waals surface area contributed by atoms with Crippen LogP contribution in [0.15, 0.2) is 30.1 Å². The summed E-state index contributed by atoms with van der Waals surface area (Å²) in [5.74, 6) is -2.14. The highest BCUT2D eigenvalue weighted by molar-refractivity contribution is 5.97. The summed E-state index contributed by atoms with van der Waals surface area (Å²) in [7, 11) is 0. The molecule has 0 saturated heterocycles. The first-order valence-corrected chi connectivity index (χ1v) is 7.98. The number of carbonyl (C=O) groups excluding carboxylic acids is 2. The van der Waals surface area contributed by atoms with Crippen LogP contribution in [-0.4, -0.2) is 23.0 Å². The third-order valence-corrected chi connectivity index (χ3v) is 3.77. The van der Waals surface area contributed by atoms with Gasteiger partial charge in [-0.05, 0) is 50.0 Å². The predicted molar refractivity (Wildman–Crippen MR) is 89.4 cm³/mol. The molecule has 4 nitrogen and oxygen atoms in total. The number of fused-ring (bicyclic) bond motifs is 1. The molecule has 1 N–H and O–H groups in total. The van der Waals surface area contributed by atoms with Crippen molar-refractivity contribution < 1.29 is 23.8 Å². The van der Waals surface area contributed by atoms with E-state index < -0.39 is 23.7 Å². The Labute approximate surface area is 140 Å². The molecule has 0 amide bonds. The van der Waals surface area contributed by atoms with Crippen molar-refractivity contribution in [3.8, 4) is 5.75 Å². The Bertz CT molecular complexity index is 704. The minimum absolute atomic E-state index is 0.0983. The van der Waals surface area contributed by atoms with Crippen molar-refractivity contribution in [2.75, 3.05) is 0 Å². The highest BCUT2D eigenvalue weighted by Gasteiger charge is 2.20. The van der Waals surface area contributed by atoms with Crippen molar-refractivity contribution in [2.45, 2.75) is 45.6 Å². The average Bonchev–Trinajstić information content (AvgIpc) is 2.50. The van der Waals surface area contributed by atoms with Gasteiger partial charge in [-0.2, -0.15) is 0 Å². The summed E-state index contributed by atoms with van der Waals surface area (Å²) < 4.78 is 18.9. The number of aromatic hydroxyl groups is 1. The summed E-state index contributed by atoms with van der Waals surface area (Å²) in [6, 6.07) is 3.29. The number of phenolic OH excluding ortho intramolecular Hbond substituents is 1. The van der Waals surface area contributed by atoms with Gasteiger partial charge in [0.05, 0.1) is 0 Å². The molecule has 24 heavy (non-hydrogen) atoms. The topological polar surface area (TPSA) is 63.6 Å². The highest BCUT2D eigenvalue weighted by atomic mass is 19.1. The minimum atomic E-state index is -0.794. The fourth-order valence-corrected chi connectivity index (χ4v) is 2.53. The molecule has 2 rings (SSSR count). The van der Waals surface area contributed by atoms with Crippen molar-refractivity contribution in [1.82, 2.24) is 0 Å². The maximum absolute atomic E-state index is 13.7. The van der Waals surface area contributed by atoms with Gasteiger partial charge in [-0.1, -0.05) is 18.2 Å². The molecule has 1 heterocycles. The lowest BCUT2D eigenvalue weighted by Gasteiger charge is -2.15. The van der Waals surface area contributed by atoms with E-state index in [1.54, 1.807) is 25.1 Å². The summed E-state index contributed by atoms with van der Waals surface area (Å²) in [6.45, 7) is 3.43. The highest BCUT2D eigenvalue weighted by Crippen LogP contribution is 2.27. The van der Waals surface area contributed by atoms with E-state index in [0.717, 1.165) is 11.6 Å². The van der Waals surface area contributed by atoms with Crippen molar-refractivity contribution in [3.05, 3.63) is 46.8 Å². The van der Waals surface area contributed by atoms with Crippen LogP contribution in [0.5, 0.6) is 5.75 Å². The van der Waals surface area contributed by atoms with Crippen LogP contribution in [0.4, 0.5) is 4.39 Å². The Kier molecular flexibility index (Phi) is 5.90. The second-order valence-corrected chi connectivity index (χ2v) is 5.97. The first-order chi connectivity index (χ1) is 11.4. The lowest BCUT2D eigenvalue weighted by Crippen LogP contribution is -2.16. The van der Waals surface area contributed by atoms with Crippen LogP contribution in [0, 0.1) is 6.92 Å². The van der Waals surface area contributed by atoms with Crippen LogP contribution in [0.2, 0.25) is 0 Å². The van der Waals surface area contributed by atoms with Crippen molar-refractivity contribution in [1.29, 1.82) is 0 Å². The molecule has 0 radical (unpaired) electrons. The zero-order valence-corrected chi connectivity index (χ0v) is 13.8. The zero-order valence-electron chi connectivity index (χ0n) is 13.8. The third-order valence-electron chi connectivity index (χ3n) is 3.77. The van der Waals surface area contributed by atoms with Gasteiger partial charge in [-0.25, -0.2) is 9.18 Å². The summed E-state index contributed by atoms with van der Waals surface area (Å²) in [6.07, 6.45) is 5.37. The van der Waals surface area contributed by atoms with Crippen LogP contribution >= 0.6 is 0 Å². The number of esters is 1. The second-order valence-electron chi connectivity index (χ2n) is 5.97. The Morgan fingerprint density at radius 1 is 1.29 bits per heavy atom. The Morgan fingerprint density at radius 2 is 2.04 bits per heavy atom. The molecule has 1 aromatic carbocycles. The molecule has 0 saturated carbocycles. The molecule has 0 aliphatic carbocycles. The van der Waals surface area contributed by atoms with Gasteiger partial charge in [0.2, 0.25) is 0 Å². The molecule has 0 spiro atoms. The van der Waals surface area contributed by atoms with Crippen molar-refractivity contribution in [3.63, 3.8) is 0 Å². The van der Waals surface area contributed by atoms with Gasteiger partial charge in [-0.15, -0.1) is 0 Å². The van der Waals surface area contributed by atoms with Gasteiger partial charge in [0.25, 0.3) is 0 Å². The number of ketones is 1. The van der Waals surface area contributed by atoms with Gasteiger partial charge >= 0.3 is 5.97 Å². The van der Waals surface area contributed by atoms with Crippen LogP contribution in [0.3, 0.4) is 0 Å². The maximum atomic E-state index is 13.7. The Balaban J connectivity index is 2.38. The molecule has 128 valence electrons. The van der Waals surface area contributed by atoms with E-state index in [1.165, 1.54) is 6.07 Å². The second kappa shape index (κ2) is 7.90. The number of cyclic esters (lactones) is 1. The predicted octanol–water partition coefficient (Wildman–Crippen LogP) is 4.26. The monoisotopic (exact) mass is 332 g/mol. The van der Waals surface area contributed by atoms with E-state index in [1.807, 2.05) is 6.92 Å². The Hall–Kier alpha value is -2.43. The number of benzene rings is 1. The van der Waals surface area contributed by atoms with E-state index in [9.17, 15) is 19.1 Å². The van der Waals surface area contributed by atoms with Crippen LogP contribution in [-0.2, 0) is 9.53 Å². The number of ether oxygens (including phenoxy) is 1. The molecule has 0 aromatic heterocycles. The summed E-state index contributed by atoms with van der Waals surface area (Å²) >= 11 is 0. The van der Waals surface area contributed by atoms with Crippen LogP contribution in [0.25, 0.3) is 6.08 Å². The quantitative estimate of drug-likeness (QED) is 0.721. The number of carbonyl (C=O) groups is 2. The SMILES string of the molecule is Cc1cc(O)c2c(c1)/C=C/CCCC(=O)/C(F)=C\C[C@H](C)OC2=O. The molecule has 1 aromatic rings. The lowest BCUT2D eigenvalue weighted by atomic mass is 10.0. The van der Waals surface area contributed by atoms with Gasteiger partial charge in [0.1, 0.15) is 17.4 Å². The van der Waals surface area contributed by atoms with E-state index in [2.05, 4.69) is 0 Å². The summed E-state index contributed by atoms with van der Waals surface area (Å²) in [5.41, 5.74) is 1.48. The van der Waals surface area contributed by atoms with Crippen LogP contribution in [0.1, 0.15) is 54.1 Å². The maximum Gasteiger partial charge on any atom is 0.342 e. The fraction of sp³-hybridized carbons (Fsp3) is 0.368. The number of Topliss-reactive ketones (excluding diaryl/α,β-unsaturated/α-hetero) is 1. The van der Waals surface area contributed by atoms with E-state index in [-0.39, 0.29) is 24.2 Å². The van der Waals surface area contributed by atoms with Gasteiger partial charge < -0.3 is 9.84 Å².